The number of methoxy groups -OCH3 is 1. The molecule has 1 rings (SSSR count). The van der Waals surface area contributed by atoms with Crippen molar-refractivity contribution >= 4 is 28.2 Å². The first-order chi connectivity index (χ1) is 8.95. The molecule has 1 heterocycles. The Labute approximate surface area is 117 Å². The van der Waals surface area contributed by atoms with Crippen molar-refractivity contribution in [3.8, 4) is 0 Å². The van der Waals surface area contributed by atoms with E-state index in [1.165, 1.54) is 25.4 Å². The van der Waals surface area contributed by atoms with Gasteiger partial charge in [0.15, 0.2) is 16.6 Å². The molecule has 5 nitrogen and oxygen atoms in total. The van der Waals surface area contributed by atoms with Gasteiger partial charge in [0.05, 0.1) is 7.11 Å². The zero-order valence-electron chi connectivity index (χ0n) is 11.8. The van der Waals surface area contributed by atoms with Gasteiger partial charge in [0, 0.05) is 13.5 Å². The molecule has 0 saturated heterocycles. The standard InChI is InChI=1S/C13H20N2O3S/c1-8(2)6-5-7-14-13-15-10(12(17)18-4)11(19-13)9(3)16/h8H,5-7H2,1-4H3,(H,14,15). The summed E-state index contributed by atoms with van der Waals surface area (Å²) in [5.41, 5.74) is 0.103. The normalized spacial score (nSPS) is 10.6. The first-order valence-corrected chi connectivity index (χ1v) is 7.11. The van der Waals surface area contributed by atoms with Gasteiger partial charge in [-0.3, -0.25) is 4.79 Å². The van der Waals surface area contributed by atoms with Gasteiger partial charge >= 0.3 is 5.97 Å². The number of carbonyl (C=O) groups is 2. The van der Waals surface area contributed by atoms with Crippen LogP contribution in [0.1, 0.15) is 53.8 Å². The summed E-state index contributed by atoms with van der Waals surface area (Å²) in [6, 6.07) is 0. The first kappa shape index (κ1) is 15.6. The molecule has 0 aliphatic rings. The average molecular weight is 284 g/mol. The highest BCUT2D eigenvalue weighted by Crippen LogP contribution is 2.24. The summed E-state index contributed by atoms with van der Waals surface area (Å²) in [5, 5.41) is 3.73. The van der Waals surface area contributed by atoms with Gasteiger partial charge < -0.3 is 10.1 Å². The molecule has 1 aromatic heterocycles. The highest BCUT2D eigenvalue weighted by Gasteiger charge is 2.21. The fourth-order valence-electron chi connectivity index (χ4n) is 1.58. The lowest BCUT2D eigenvalue weighted by Gasteiger charge is -2.04. The molecule has 0 bridgehead atoms. The molecule has 0 amide bonds. The van der Waals surface area contributed by atoms with Crippen molar-refractivity contribution in [2.24, 2.45) is 5.92 Å². The molecule has 1 aromatic rings. The molecule has 0 atom stereocenters. The third-order valence-corrected chi connectivity index (χ3v) is 3.67. The second-order valence-electron chi connectivity index (χ2n) is 4.71. The minimum atomic E-state index is -0.573. The molecule has 0 aromatic carbocycles. The molecule has 0 unspecified atom stereocenters. The molecule has 0 saturated carbocycles. The van der Waals surface area contributed by atoms with E-state index in [2.05, 4.69) is 28.9 Å². The van der Waals surface area contributed by atoms with Crippen LogP contribution in [0.4, 0.5) is 5.13 Å². The van der Waals surface area contributed by atoms with E-state index < -0.39 is 5.97 Å². The average Bonchev–Trinajstić information content (AvgIpc) is 2.77. The van der Waals surface area contributed by atoms with Gasteiger partial charge in [0.2, 0.25) is 0 Å². The van der Waals surface area contributed by atoms with E-state index in [4.69, 9.17) is 0 Å². The van der Waals surface area contributed by atoms with Crippen molar-refractivity contribution in [2.75, 3.05) is 19.0 Å². The van der Waals surface area contributed by atoms with Crippen molar-refractivity contribution in [3.05, 3.63) is 10.6 Å². The number of esters is 1. The molecule has 19 heavy (non-hydrogen) atoms. The predicted molar refractivity (Wildman–Crippen MR) is 76.0 cm³/mol. The maximum atomic E-state index is 11.5. The lowest BCUT2D eigenvalue weighted by molar-refractivity contribution is 0.0591. The summed E-state index contributed by atoms with van der Waals surface area (Å²) >= 11 is 1.20. The Kier molecular flexibility index (Phi) is 5.95. The second kappa shape index (κ2) is 7.23. The van der Waals surface area contributed by atoms with Crippen LogP contribution in [0.2, 0.25) is 0 Å². The maximum absolute atomic E-state index is 11.5. The summed E-state index contributed by atoms with van der Waals surface area (Å²) in [5.74, 6) is -0.0821. The van der Waals surface area contributed by atoms with Crippen LogP contribution in [-0.2, 0) is 4.74 Å². The lowest BCUT2D eigenvalue weighted by atomic mass is 10.1. The number of nitrogens with zero attached hydrogens (tertiary/aromatic N) is 1. The van der Waals surface area contributed by atoms with Gasteiger partial charge in [-0.25, -0.2) is 9.78 Å². The van der Waals surface area contributed by atoms with E-state index in [0.29, 0.717) is 15.9 Å². The zero-order valence-corrected chi connectivity index (χ0v) is 12.6. The van der Waals surface area contributed by atoms with Crippen LogP contribution in [-0.4, -0.2) is 30.4 Å². The predicted octanol–water partition coefficient (Wildman–Crippen LogP) is 2.98. The van der Waals surface area contributed by atoms with Gasteiger partial charge in [0.25, 0.3) is 0 Å². The highest BCUT2D eigenvalue weighted by atomic mass is 32.1. The molecule has 0 aliphatic carbocycles. The van der Waals surface area contributed by atoms with Crippen LogP contribution < -0.4 is 5.32 Å². The van der Waals surface area contributed by atoms with E-state index >= 15 is 0 Å². The number of rotatable bonds is 7. The maximum Gasteiger partial charge on any atom is 0.358 e. The Balaban J connectivity index is 2.70. The Morgan fingerprint density at radius 2 is 2.11 bits per heavy atom. The Hall–Kier alpha value is -1.43. The fourth-order valence-corrected chi connectivity index (χ4v) is 2.45. The van der Waals surface area contributed by atoms with Crippen molar-refractivity contribution in [1.82, 2.24) is 4.98 Å². The Morgan fingerprint density at radius 1 is 1.42 bits per heavy atom. The van der Waals surface area contributed by atoms with Crippen molar-refractivity contribution < 1.29 is 14.3 Å². The molecule has 0 spiro atoms. The molecular formula is C13H20N2O3S. The van der Waals surface area contributed by atoms with Gasteiger partial charge in [-0.1, -0.05) is 25.2 Å². The van der Waals surface area contributed by atoms with Gasteiger partial charge in [-0.2, -0.15) is 0 Å². The monoisotopic (exact) mass is 284 g/mol. The first-order valence-electron chi connectivity index (χ1n) is 6.29. The summed E-state index contributed by atoms with van der Waals surface area (Å²) in [7, 11) is 1.28. The number of carbonyl (C=O) groups excluding carboxylic acids is 2. The topological polar surface area (TPSA) is 68.3 Å². The SMILES string of the molecule is COC(=O)c1nc(NCCCC(C)C)sc1C(C)=O. The number of ketones is 1. The second-order valence-corrected chi connectivity index (χ2v) is 5.71. The highest BCUT2D eigenvalue weighted by molar-refractivity contribution is 7.17. The summed E-state index contributed by atoms with van der Waals surface area (Å²) in [4.78, 5) is 27.4. The van der Waals surface area contributed by atoms with Crippen LogP contribution >= 0.6 is 11.3 Å². The van der Waals surface area contributed by atoms with E-state index in [1.54, 1.807) is 0 Å². The van der Waals surface area contributed by atoms with Gasteiger partial charge in [-0.05, 0) is 18.8 Å². The molecule has 106 valence electrons. The number of aromatic nitrogens is 1. The molecule has 0 radical (unpaired) electrons. The lowest BCUT2D eigenvalue weighted by Crippen LogP contribution is -2.07. The molecule has 1 N–H and O–H groups in total. The third kappa shape index (κ3) is 4.63. The molecule has 0 fully saturated rings. The molecule has 6 heteroatoms. The molecule has 0 aliphatic heterocycles. The van der Waals surface area contributed by atoms with Gasteiger partial charge in [-0.15, -0.1) is 0 Å². The van der Waals surface area contributed by atoms with Crippen LogP contribution in [0.3, 0.4) is 0 Å². The Morgan fingerprint density at radius 3 is 2.63 bits per heavy atom. The zero-order chi connectivity index (χ0) is 14.4. The smallest absolute Gasteiger partial charge is 0.358 e. The van der Waals surface area contributed by atoms with Crippen LogP contribution in [0.15, 0.2) is 0 Å². The van der Waals surface area contributed by atoms with E-state index in [1.807, 2.05) is 0 Å². The van der Waals surface area contributed by atoms with Crippen molar-refractivity contribution in [2.45, 2.75) is 33.6 Å². The minimum absolute atomic E-state index is 0.103. The van der Waals surface area contributed by atoms with E-state index in [9.17, 15) is 9.59 Å². The number of hydrogen-bond acceptors (Lipinski definition) is 6. The van der Waals surface area contributed by atoms with Crippen LogP contribution in [0.25, 0.3) is 0 Å². The molecular weight excluding hydrogens is 264 g/mol. The van der Waals surface area contributed by atoms with E-state index in [0.717, 1.165) is 19.4 Å². The number of Topliss-reactive ketones (excluding diaryl/α,β-unsaturated/α-hetero) is 1. The number of nitrogens with one attached hydrogen (secondary N) is 1. The third-order valence-electron chi connectivity index (χ3n) is 2.56. The van der Waals surface area contributed by atoms with Crippen molar-refractivity contribution in [3.63, 3.8) is 0 Å². The number of anilines is 1. The Bertz CT molecular complexity index is 455. The largest absolute Gasteiger partial charge is 0.464 e. The summed E-state index contributed by atoms with van der Waals surface area (Å²) < 4.78 is 4.62. The minimum Gasteiger partial charge on any atom is -0.464 e. The number of thiazole rings is 1. The summed E-state index contributed by atoms with van der Waals surface area (Å²) in [6.07, 6.45) is 2.15. The van der Waals surface area contributed by atoms with E-state index in [-0.39, 0.29) is 11.5 Å². The quantitative estimate of drug-likeness (QED) is 0.473. The van der Waals surface area contributed by atoms with Crippen LogP contribution in [0.5, 0.6) is 0 Å². The summed E-state index contributed by atoms with van der Waals surface area (Å²) in [6.45, 7) is 6.55. The number of hydrogen-bond donors (Lipinski definition) is 1. The number of ether oxygens (including phenoxy) is 1. The van der Waals surface area contributed by atoms with Crippen molar-refractivity contribution in [1.29, 1.82) is 0 Å². The van der Waals surface area contributed by atoms with Crippen LogP contribution in [0, 0.1) is 5.92 Å². The fraction of sp³-hybridized carbons (Fsp3) is 0.615. The van der Waals surface area contributed by atoms with Gasteiger partial charge in [0.1, 0.15) is 4.88 Å².